The van der Waals surface area contributed by atoms with Crippen LogP contribution in [0.15, 0.2) is 0 Å². The van der Waals surface area contributed by atoms with Gasteiger partial charge in [0, 0.05) is 18.6 Å². The molecule has 2 heterocycles. The summed E-state index contributed by atoms with van der Waals surface area (Å²) < 4.78 is 4.60. The number of aliphatic carboxylic acids is 1. The summed E-state index contributed by atoms with van der Waals surface area (Å²) in [7, 11) is 0. The number of nitrogens with zero attached hydrogens (tertiary/aromatic N) is 1. The van der Waals surface area contributed by atoms with Crippen LogP contribution in [-0.2, 0) is 14.3 Å². The Morgan fingerprint density at radius 1 is 1.20 bits per heavy atom. The Bertz CT molecular complexity index is 401. The molecule has 0 aromatic heterocycles. The van der Waals surface area contributed by atoms with E-state index in [1.165, 1.54) is 0 Å². The molecule has 2 unspecified atom stereocenters. The molecular formula is C12H19N3O5. The molecule has 2 atom stereocenters. The van der Waals surface area contributed by atoms with Crippen LogP contribution in [-0.4, -0.2) is 66.3 Å². The van der Waals surface area contributed by atoms with E-state index in [2.05, 4.69) is 20.3 Å². The minimum Gasteiger partial charge on any atom is -0.480 e. The maximum Gasteiger partial charge on any atom is 0.329 e. The third-order valence-electron chi connectivity index (χ3n) is 3.63. The average molecular weight is 285 g/mol. The second kappa shape index (κ2) is 6.67. The topological polar surface area (TPSA) is 108 Å². The number of carboxylic acids is 1. The van der Waals surface area contributed by atoms with Gasteiger partial charge in [0.25, 0.3) is 5.91 Å². The van der Waals surface area contributed by atoms with Crippen LogP contribution in [0.4, 0.5) is 4.79 Å². The van der Waals surface area contributed by atoms with E-state index in [1.54, 1.807) is 0 Å². The fourth-order valence-corrected chi connectivity index (χ4v) is 2.85. The van der Waals surface area contributed by atoms with Gasteiger partial charge in [-0.1, -0.05) is 0 Å². The van der Waals surface area contributed by atoms with Gasteiger partial charge in [0.15, 0.2) is 0 Å². The Morgan fingerprint density at radius 3 is 2.75 bits per heavy atom. The maximum absolute atomic E-state index is 11.7. The number of nitrogens with one attached hydrogen (secondary N) is 2. The van der Waals surface area contributed by atoms with Crippen molar-refractivity contribution in [2.45, 2.75) is 31.3 Å². The van der Waals surface area contributed by atoms with Gasteiger partial charge in [-0.15, -0.1) is 0 Å². The molecule has 8 nitrogen and oxygen atoms in total. The summed E-state index contributed by atoms with van der Waals surface area (Å²) in [6.07, 6.45) is 3.11. The second-order valence-electron chi connectivity index (χ2n) is 5.05. The number of urea groups is 1. The van der Waals surface area contributed by atoms with Gasteiger partial charge in [-0.3, -0.25) is 15.0 Å². The van der Waals surface area contributed by atoms with Crippen LogP contribution in [0.3, 0.4) is 0 Å². The van der Waals surface area contributed by atoms with E-state index in [-0.39, 0.29) is 6.04 Å². The summed E-state index contributed by atoms with van der Waals surface area (Å²) in [6.45, 7) is 1.05. The van der Waals surface area contributed by atoms with E-state index in [4.69, 9.17) is 5.11 Å². The molecule has 2 fully saturated rings. The van der Waals surface area contributed by atoms with Crippen molar-refractivity contribution in [3.8, 4) is 0 Å². The van der Waals surface area contributed by atoms with Crippen LogP contribution in [0.5, 0.6) is 0 Å². The molecule has 20 heavy (non-hydrogen) atoms. The van der Waals surface area contributed by atoms with Crippen molar-refractivity contribution >= 4 is 17.9 Å². The number of carboxylic acid groups (broad SMARTS) is 1. The molecular weight excluding hydrogens is 266 g/mol. The fourth-order valence-electron chi connectivity index (χ4n) is 2.85. The SMILES string of the molecule is O=C(O)COCC(=O)NC(=O)NC1CCN2CCCC12. The predicted octanol–water partition coefficient (Wildman–Crippen LogP) is -0.850. The zero-order chi connectivity index (χ0) is 14.5. The van der Waals surface area contributed by atoms with Crippen molar-refractivity contribution in [1.82, 2.24) is 15.5 Å². The van der Waals surface area contributed by atoms with E-state index >= 15 is 0 Å². The number of carbonyl (C=O) groups is 3. The molecule has 0 aromatic rings. The van der Waals surface area contributed by atoms with E-state index in [1.807, 2.05) is 0 Å². The molecule has 3 amide bonds. The maximum atomic E-state index is 11.7. The van der Waals surface area contributed by atoms with Crippen LogP contribution in [0, 0.1) is 0 Å². The minimum absolute atomic E-state index is 0.0743. The first-order chi connectivity index (χ1) is 9.56. The number of hydrogen-bond acceptors (Lipinski definition) is 5. The first-order valence-electron chi connectivity index (χ1n) is 6.70. The number of carbonyl (C=O) groups excluding carboxylic acids is 2. The Balaban J connectivity index is 1.67. The lowest BCUT2D eigenvalue weighted by Gasteiger charge is -2.21. The number of fused-ring (bicyclic) bond motifs is 1. The Kier molecular flexibility index (Phi) is 4.91. The van der Waals surface area contributed by atoms with Gasteiger partial charge < -0.3 is 15.2 Å². The van der Waals surface area contributed by atoms with Gasteiger partial charge in [-0.25, -0.2) is 9.59 Å². The molecule has 3 N–H and O–H groups in total. The monoisotopic (exact) mass is 285 g/mol. The third-order valence-corrected chi connectivity index (χ3v) is 3.63. The number of amides is 3. The van der Waals surface area contributed by atoms with Crippen molar-refractivity contribution in [2.75, 3.05) is 26.3 Å². The first-order valence-corrected chi connectivity index (χ1v) is 6.70. The van der Waals surface area contributed by atoms with Crippen molar-refractivity contribution in [1.29, 1.82) is 0 Å². The van der Waals surface area contributed by atoms with Crippen molar-refractivity contribution in [3.05, 3.63) is 0 Å². The third kappa shape index (κ3) is 3.91. The van der Waals surface area contributed by atoms with Gasteiger partial charge in [0.05, 0.1) is 0 Å². The summed E-state index contributed by atoms with van der Waals surface area (Å²) in [6, 6.07) is -0.1000. The molecule has 2 saturated heterocycles. The van der Waals surface area contributed by atoms with Crippen LogP contribution < -0.4 is 10.6 Å². The number of hydrogen-bond donors (Lipinski definition) is 3. The highest BCUT2D eigenvalue weighted by Gasteiger charge is 2.37. The second-order valence-corrected chi connectivity index (χ2v) is 5.05. The van der Waals surface area contributed by atoms with E-state index < -0.39 is 31.1 Å². The van der Waals surface area contributed by atoms with E-state index in [9.17, 15) is 14.4 Å². The molecule has 112 valence electrons. The van der Waals surface area contributed by atoms with Gasteiger partial charge in [0.1, 0.15) is 13.2 Å². The molecule has 2 aliphatic heterocycles. The molecule has 2 aliphatic rings. The standard InChI is InChI=1S/C12H19N3O5/c16-10(6-20-7-11(17)18)14-12(19)13-8-3-5-15-4-1-2-9(8)15/h8-9H,1-7H2,(H,17,18)(H2,13,14,16,19). The smallest absolute Gasteiger partial charge is 0.329 e. The summed E-state index contributed by atoms with van der Waals surface area (Å²) in [5, 5.41) is 13.3. The fraction of sp³-hybridized carbons (Fsp3) is 0.750. The molecule has 0 aliphatic carbocycles. The van der Waals surface area contributed by atoms with Gasteiger partial charge in [-0.2, -0.15) is 0 Å². The number of rotatable bonds is 5. The number of imide groups is 1. The van der Waals surface area contributed by atoms with E-state index in [0.29, 0.717) is 6.04 Å². The molecule has 0 radical (unpaired) electrons. The first kappa shape index (κ1) is 14.7. The van der Waals surface area contributed by atoms with Gasteiger partial charge >= 0.3 is 12.0 Å². The Morgan fingerprint density at radius 2 is 2.00 bits per heavy atom. The summed E-state index contributed by atoms with van der Waals surface area (Å²) >= 11 is 0. The predicted molar refractivity (Wildman–Crippen MR) is 68.1 cm³/mol. The lowest BCUT2D eigenvalue weighted by molar-refractivity contribution is -0.143. The highest BCUT2D eigenvalue weighted by molar-refractivity contribution is 5.95. The molecule has 8 heteroatoms. The minimum atomic E-state index is -1.16. The molecule has 0 spiro atoms. The number of ether oxygens (including phenoxy) is 1. The highest BCUT2D eigenvalue weighted by atomic mass is 16.5. The quantitative estimate of drug-likeness (QED) is 0.607. The normalized spacial score (nSPS) is 25.2. The Hall–Kier alpha value is -1.67. The molecule has 0 saturated carbocycles. The van der Waals surface area contributed by atoms with Crippen molar-refractivity contribution < 1.29 is 24.2 Å². The molecule has 2 rings (SSSR count). The van der Waals surface area contributed by atoms with Crippen LogP contribution in [0.1, 0.15) is 19.3 Å². The van der Waals surface area contributed by atoms with Crippen LogP contribution in [0.25, 0.3) is 0 Å². The average Bonchev–Trinajstić information content (AvgIpc) is 2.93. The van der Waals surface area contributed by atoms with Gasteiger partial charge in [0.2, 0.25) is 0 Å². The molecule has 0 aromatic carbocycles. The highest BCUT2D eigenvalue weighted by Crippen LogP contribution is 2.27. The zero-order valence-corrected chi connectivity index (χ0v) is 11.1. The van der Waals surface area contributed by atoms with Crippen molar-refractivity contribution in [2.24, 2.45) is 0 Å². The van der Waals surface area contributed by atoms with Gasteiger partial charge in [-0.05, 0) is 25.8 Å². The van der Waals surface area contributed by atoms with Crippen LogP contribution >= 0.6 is 0 Å². The summed E-state index contributed by atoms with van der Waals surface area (Å²) in [4.78, 5) is 35.5. The Labute approximate surface area is 116 Å². The van der Waals surface area contributed by atoms with Crippen molar-refractivity contribution in [3.63, 3.8) is 0 Å². The van der Waals surface area contributed by atoms with Crippen LogP contribution in [0.2, 0.25) is 0 Å². The summed E-state index contributed by atoms with van der Waals surface area (Å²) in [5.74, 6) is -1.81. The van der Waals surface area contributed by atoms with E-state index in [0.717, 1.165) is 32.4 Å². The largest absolute Gasteiger partial charge is 0.480 e. The lowest BCUT2D eigenvalue weighted by atomic mass is 10.1. The zero-order valence-electron chi connectivity index (χ0n) is 11.1. The summed E-state index contributed by atoms with van der Waals surface area (Å²) in [5.41, 5.74) is 0. The molecule has 0 bridgehead atoms. The lowest BCUT2D eigenvalue weighted by Crippen LogP contribution is -2.49.